The molecular formula is C12H20O6. The molecule has 0 atom stereocenters. The Bertz CT molecular complexity index is 251. The number of carbonyl (C=O) groups is 3. The highest BCUT2D eigenvalue weighted by Crippen LogP contribution is 1.97. The van der Waals surface area contributed by atoms with Crippen molar-refractivity contribution in [2.75, 3.05) is 26.4 Å². The number of unbranched alkanes of at least 4 members (excludes halogenated alkanes) is 2. The Balaban J connectivity index is 3.05. The van der Waals surface area contributed by atoms with Crippen LogP contribution in [0.4, 0.5) is 0 Å². The fourth-order valence-corrected chi connectivity index (χ4v) is 1.18. The lowest BCUT2D eigenvalue weighted by atomic mass is 10.2. The normalized spacial score (nSPS) is 10.2. The number of carboxylic acids is 1. The van der Waals surface area contributed by atoms with E-state index in [1.165, 1.54) is 0 Å². The van der Waals surface area contributed by atoms with Crippen LogP contribution < -0.4 is 0 Å². The first-order chi connectivity index (χ1) is 8.66. The Morgan fingerprint density at radius 1 is 0.889 bits per heavy atom. The van der Waals surface area contributed by atoms with Crippen molar-refractivity contribution in [1.29, 1.82) is 0 Å². The number of carboxylic acid groups (broad SMARTS) is 1. The Morgan fingerprint density at radius 3 is 1.94 bits per heavy atom. The molecule has 0 heterocycles. The molecular weight excluding hydrogens is 240 g/mol. The third-order valence-electron chi connectivity index (χ3n) is 2.16. The smallest absolute Gasteiger partial charge is 0.305 e. The van der Waals surface area contributed by atoms with E-state index < -0.39 is 11.8 Å². The van der Waals surface area contributed by atoms with Gasteiger partial charge in [0.05, 0.1) is 19.6 Å². The molecule has 0 aromatic carbocycles. The summed E-state index contributed by atoms with van der Waals surface area (Å²) in [6.45, 7) is 1.64. The summed E-state index contributed by atoms with van der Waals surface area (Å²) in [5.41, 5.74) is 0. The predicted octanol–water partition coefficient (Wildman–Crippen LogP) is 0.823. The number of ketones is 1. The van der Waals surface area contributed by atoms with Crippen molar-refractivity contribution in [3.63, 3.8) is 0 Å². The highest BCUT2D eigenvalue weighted by Gasteiger charge is 1.99. The number of Topliss-reactive ketones (excluding diaryl/α,β-unsaturated/α-hetero) is 1. The maximum absolute atomic E-state index is 10.6. The maximum Gasteiger partial charge on any atom is 0.305 e. The summed E-state index contributed by atoms with van der Waals surface area (Å²) in [5, 5.41) is 8.35. The van der Waals surface area contributed by atoms with Crippen LogP contribution >= 0.6 is 0 Å². The zero-order chi connectivity index (χ0) is 13.6. The van der Waals surface area contributed by atoms with E-state index in [0.717, 1.165) is 19.3 Å². The van der Waals surface area contributed by atoms with E-state index in [1.54, 1.807) is 0 Å². The second kappa shape index (κ2) is 12.2. The zero-order valence-electron chi connectivity index (χ0n) is 10.4. The van der Waals surface area contributed by atoms with Crippen molar-refractivity contribution >= 4 is 18.0 Å². The number of aliphatic carboxylic acids is 1. The van der Waals surface area contributed by atoms with Crippen LogP contribution in [0.15, 0.2) is 0 Å². The molecule has 6 nitrogen and oxygen atoms in total. The molecule has 18 heavy (non-hydrogen) atoms. The van der Waals surface area contributed by atoms with Crippen molar-refractivity contribution in [2.24, 2.45) is 0 Å². The second-order valence-electron chi connectivity index (χ2n) is 3.76. The molecule has 0 bridgehead atoms. The molecule has 0 saturated carbocycles. The van der Waals surface area contributed by atoms with Gasteiger partial charge in [0.1, 0.15) is 0 Å². The molecule has 0 aliphatic heterocycles. The van der Waals surface area contributed by atoms with E-state index in [-0.39, 0.29) is 26.1 Å². The van der Waals surface area contributed by atoms with Gasteiger partial charge in [-0.3, -0.25) is 14.4 Å². The molecule has 6 heteroatoms. The van der Waals surface area contributed by atoms with Crippen LogP contribution in [0.25, 0.3) is 0 Å². The summed E-state index contributed by atoms with van der Waals surface area (Å²) < 4.78 is 10.3. The summed E-state index contributed by atoms with van der Waals surface area (Å²) >= 11 is 0. The molecule has 0 unspecified atom stereocenters. The van der Waals surface area contributed by atoms with E-state index in [0.29, 0.717) is 19.5 Å². The van der Waals surface area contributed by atoms with E-state index in [4.69, 9.17) is 14.6 Å². The summed E-state index contributed by atoms with van der Waals surface area (Å²) in [6, 6.07) is 0. The molecule has 0 amide bonds. The van der Waals surface area contributed by atoms with Crippen LogP contribution in [-0.4, -0.2) is 49.6 Å². The number of hydrogen-bond acceptors (Lipinski definition) is 5. The van der Waals surface area contributed by atoms with E-state index in [9.17, 15) is 14.4 Å². The van der Waals surface area contributed by atoms with Crippen LogP contribution in [0.5, 0.6) is 0 Å². The third-order valence-corrected chi connectivity index (χ3v) is 2.16. The molecule has 0 fully saturated rings. The molecule has 0 aliphatic carbocycles. The fraction of sp³-hybridized carbons (Fsp3) is 0.750. The maximum atomic E-state index is 10.6. The third kappa shape index (κ3) is 12.8. The largest absolute Gasteiger partial charge is 0.481 e. The van der Waals surface area contributed by atoms with Gasteiger partial charge < -0.3 is 14.6 Å². The Kier molecular flexibility index (Phi) is 11.3. The predicted molar refractivity (Wildman–Crippen MR) is 63.4 cm³/mol. The molecule has 0 aromatic heterocycles. The van der Waals surface area contributed by atoms with Crippen molar-refractivity contribution in [3.8, 4) is 0 Å². The van der Waals surface area contributed by atoms with Gasteiger partial charge in [0.2, 0.25) is 0 Å². The minimum Gasteiger partial charge on any atom is -0.481 e. The first-order valence-corrected chi connectivity index (χ1v) is 6.02. The number of carbonyl (C=O) groups excluding carboxylic acids is 2. The quantitative estimate of drug-likeness (QED) is 0.299. The van der Waals surface area contributed by atoms with Gasteiger partial charge >= 0.3 is 5.97 Å². The van der Waals surface area contributed by atoms with Gasteiger partial charge in [-0.05, 0) is 19.3 Å². The fourth-order valence-electron chi connectivity index (χ4n) is 1.18. The molecule has 0 aliphatic rings. The average molecular weight is 260 g/mol. The monoisotopic (exact) mass is 260 g/mol. The SMILES string of the molecule is O=CC(=O)CCOCCCCCOCCC(=O)O. The minimum atomic E-state index is -0.853. The van der Waals surface area contributed by atoms with Crippen LogP contribution in [0.3, 0.4) is 0 Å². The highest BCUT2D eigenvalue weighted by atomic mass is 16.5. The molecule has 0 spiro atoms. The summed E-state index contributed by atoms with van der Waals surface area (Å²) in [7, 11) is 0. The Hall–Kier alpha value is -1.27. The number of rotatable bonds is 13. The van der Waals surface area contributed by atoms with Crippen LogP contribution in [0.1, 0.15) is 32.1 Å². The van der Waals surface area contributed by atoms with Crippen LogP contribution in [0, 0.1) is 0 Å². The van der Waals surface area contributed by atoms with E-state index in [1.807, 2.05) is 0 Å². The summed E-state index contributed by atoms with van der Waals surface area (Å²) in [6.07, 6.45) is 3.12. The topological polar surface area (TPSA) is 89.9 Å². The standard InChI is InChI=1S/C12H20O6/c13-10-11(14)4-8-17-6-2-1-3-7-18-9-5-12(15)16/h10H,1-9H2,(H,15,16). The van der Waals surface area contributed by atoms with Gasteiger partial charge in [0.15, 0.2) is 12.1 Å². The number of aldehydes is 1. The zero-order valence-corrected chi connectivity index (χ0v) is 10.4. The molecule has 1 N–H and O–H groups in total. The van der Waals surface area contributed by atoms with Crippen molar-refractivity contribution in [3.05, 3.63) is 0 Å². The van der Waals surface area contributed by atoms with Gasteiger partial charge in [-0.15, -0.1) is 0 Å². The number of ether oxygens (including phenoxy) is 2. The Labute approximate surface area is 106 Å². The van der Waals surface area contributed by atoms with Gasteiger partial charge in [0.25, 0.3) is 0 Å². The number of hydrogen-bond donors (Lipinski definition) is 1. The molecule has 0 rings (SSSR count). The first-order valence-electron chi connectivity index (χ1n) is 6.02. The lowest BCUT2D eigenvalue weighted by molar-refractivity contribution is -0.138. The summed E-state index contributed by atoms with van der Waals surface area (Å²) in [5.74, 6) is -1.30. The van der Waals surface area contributed by atoms with Crippen molar-refractivity contribution in [1.82, 2.24) is 0 Å². The molecule has 0 saturated heterocycles. The first kappa shape index (κ1) is 16.7. The van der Waals surface area contributed by atoms with Crippen LogP contribution in [0.2, 0.25) is 0 Å². The molecule has 104 valence electrons. The van der Waals surface area contributed by atoms with Gasteiger partial charge in [-0.25, -0.2) is 0 Å². The molecule has 0 radical (unpaired) electrons. The van der Waals surface area contributed by atoms with Gasteiger partial charge in [-0.2, -0.15) is 0 Å². The van der Waals surface area contributed by atoms with Gasteiger partial charge in [-0.1, -0.05) is 0 Å². The average Bonchev–Trinajstić information content (AvgIpc) is 2.35. The second-order valence-corrected chi connectivity index (χ2v) is 3.76. The van der Waals surface area contributed by atoms with E-state index in [2.05, 4.69) is 0 Å². The molecule has 0 aromatic rings. The van der Waals surface area contributed by atoms with Crippen molar-refractivity contribution in [2.45, 2.75) is 32.1 Å². The van der Waals surface area contributed by atoms with Crippen molar-refractivity contribution < 1.29 is 29.0 Å². The van der Waals surface area contributed by atoms with Gasteiger partial charge in [0, 0.05) is 19.6 Å². The Morgan fingerprint density at radius 2 is 1.44 bits per heavy atom. The van der Waals surface area contributed by atoms with Crippen LogP contribution in [-0.2, 0) is 23.9 Å². The minimum absolute atomic E-state index is 0.0356. The lowest BCUT2D eigenvalue weighted by Gasteiger charge is -2.03. The lowest BCUT2D eigenvalue weighted by Crippen LogP contribution is -2.06. The summed E-state index contributed by atoms with van der Waals surface area (Å²) in [4.78, 5) is 30.7. The highest BCUT2D eigenvalue weighted by molar-refractivity contribution is 6.24. The van der Waals surface area contributed by atoms with E-state index >= 15 is 0 Å².